The summed E-state index contributed by atoms with van der Waals surface area (Å²) in [5.41, 5.74) is 3.71. The van der Waals surface area contributed by atoms with Crippen molar-refractivity contribution in [1.29, 1.82) is 0 Å². The Balaban J connectivity index is 1.58. The van der Waals surface area contributed by atoms with Crippen LogP contribution in [0, 0.1) is 11.8 Å². The minimum absolute atomic E-state index is 0.0298. The summed E-state index contributed by atoms with van der Waals surface area (Å²) in [5.74, 6) is -6.48. The maximum atomic E-state index is 13.4. The third-order valence-corrected chi connectivity index (χ3v) is 5.51. The summed E-state index contributed by atoms with van der Waals surface area (Å²) in [5, 5.41) is 2.37. The van der Waals surface area contributed by atoms with Crippen molar-refractivity contribution in [2.45, 2.75) is 31.0 Å². The Morgan fingerprint density at radius 3 is 2.45 bits per heavy atom. The molecule has 2 unspecified atom stereocenters. The van der Waals surface area contributed by atoms with Crippen molar-refractivity contribution in [3.63, 3.8) is 0 Å². The summed E-state index contributed by atoms with van der Waals surface area (Å²) in [4.78, 5) is 27.6. The molecular formula is C20H16F5N3O3. The number of benzene rings is 1. The molecule has 11 heteroatoms. The van der Waals surface area contributed by atoms with Gasteiger partial charge in [-0.1, -0.05) is 6.07 Å². The SMILES string of the molecule is NC(=O)c1cccc(NC(=O)c2cc(C(F)(F)F)cnc2OC2CC3C(C2)C3(F)F)c1. The van der Waals surface area contributed by atoms with Crippen molar-refractivity contribution in [3.8, 4) is 5.88 Å². The van der Waals surface area contributed by atoms with Crippen molar-refractivity contribution < 1.29 is 36.3 Å². The predicted molar refractivity (Wildman–Crippen MR) is 97.7 cm³/mol. The maximum Gasteiger partial charge on any atom is 0.417 e. The number of primary amides is 1. The summed E-state index contributed by atoms with van der Waals surface area (Å²) in [6, 6.07) is 6.09. The Morgan fingerprint density at radius 1 is 1.16 bits per heavy atom. The van der Waals surface area contributed by atoms with Crippen LogP contribution >= 0.6 is 0 Å². The average molecular weight is 441 g/mol. The van der Waals surface area contributed by atoms with E-state index in [1.165, 1.54) is 24.3 Å². The third kappa shape index (κ3) is 4.04. The molecule has 4 rings (SSSR count). The fraction of sp³-hybridized carbons (Fsp3) is 0.350. The number of nitrogens with one attached hydrogen (secondary N) is 1. The predicted octanol–water partition coefficient (Wildman–Crippen LogP) is 3.87. The Bertz CT molecular complexity index is 1040. The molecule has 2 amide bonds. The van der Waals surface area contributed by atoms with Crippen molar-refractivity contribution in [2.24, 2.45) is 17.6 Å². The first-order valence-corrected chi connectivity index (χ1v) is 9.29. The number of nitrogens with zero attached hydrogens (tertiary/aromatic N) is 1. The molecule has 2 fully saturated rings. The minimum Gasteiger partial charge on any atom is -0.474 e. The number of carbonyl (C=O) groups excluding carboxylic acids is 2. The van der Waals surface area contributed by atoms with E-state index in [-0.39, 0.29) is 30.0 Å². The summed E-state index contributed by atoms with van der Waals surface area (Å²) in [6.07, 6.45) is -4.86. The number of hydrogen-bond donors (Lipinski definition) is 2. The van der Waals surface area contributed by atoms with Gasteiger partial charge in [0.15, 0.2) is 0 Å². The number of hydrogen-bond acceptors (Lipinski definition) is 4. The maximum absolute atomic E-state index is 13.4. The average Bonchev–Trinajstić information content (AvgIpc) is 3.02. The Morgan fingerprint density at radius 2 is 1.84 bits per heavy atom. The monoisotopic (exact) mass is 441 g/mol. The molecule has 6 nitrogen and oxygen atoms in total. The van der Waals surface area contributed by atoms with Gasteiger partial charge < -0.3 is 15.8 Å². The highest BCUT2D eigenvalue weighted by Crippen LogP contribution is 2.64. The van der Waals surface area contributed by atoms with Gasteiger partial charge in [-0.05, 0) is 37.1 Å². The number of carbonyl (C=O) groups is 2. The molecule has 1 aromatic heterocycles. The standard InChI is InChI=1S/C20H16F5N3O3/c21-19(22)14-6-12(7-15(14)19)31-18-13(5-10(8-27-18)20(23,24)25)17(30)28-11-3-1-2-9(4-11)16(26)29/h1-5,8,12,14-15H,6-7H2,(H2,26,29)(H,28,30). The van der Waals surface area contributed by atoms with Crippen molar-refractivity contribution in [1.82, 2.24) is 4.98 Å². The van der Waals surface area contributed by atoms with Crippen molar-refractivity contribution in [2.75, 3.05) is 5.32 Å². The van der Waals surface area contributed by atoms with E-state index < -0.39 is 53.0 Å². The lowest BCUT2D eigenvalue weighted by molar-refractivity contribution is -0.137. The molecule has 0 bridgehead atoms. The van der Waals surface area contributed by atoms with Gasteiger partial charge in [-0.15, -0.1) is 0 Å². The third-order valence-electron chi connectivity index (χ3n) is 5.51. The molecule has 2 saturated carbocycles. The van der Waals surface area contributed by atoms with Gasteiger partial charge in [0.2, 0.25) is 11.8 Å². The quantitative estimate of drug-likeness (QED) is 0.689. The van der Waals surface area contributed by atoms with Crippen LogP contribution in [0.25, 0.3) is 0 Å². The molecule has 0 saturated heterocycles. The lowest BCUT2D eigenvalue weighted by Crippen LogP contribution is -2.23. The Labute approximate surface area is 172 Å². The van der Waals surface area contributed by atoms with Crippen LogP contribution in [0.1, 0.15) is 39.1 Å². The number of pyridine rings is 1. The molecule has 0 spiro atoms. The van der Waals surface area contributed by atoms with Gasteiger partial charge in [0.25, 0.3) is 11.8 Å². The van der Waals surface area contributed by atoms with Crippen LogP contribution < -0.4 is 15.8 Å². The van der Waals surface area contributed by atoms with Gasteiger partial charge in [0.1, 0.15) is 11.7 Å². The van der Waals surface area contributed by atoms with Gasteiger partial charge in [-0.25, -0.2) is 13.8 Å². The van der Waals surface area contributed by atoms with Gasteiger partial charge >= 0.3 is 6.18 Å². The number of nitrogens with two attached hydrogens (primary N) is 1. The zero-order valence-electron chi connectivity index (χ0n) is 15.7. The second kappa shape index (κ2) is 7.17. The zero-order chi connectivity index (χ0) is 22.6. The normalized spacial score (nSPS) is 23.7. The topological polar surface area (TPSA) is 94.3 Å². The zero-order valence-corrected chi connectivity index (χ0v) is 15.7. The molecule has 1 aromatic carbocycles. The second-order valence-electron chi connectivity index (χ2n) is 7.57. The second-order valence-corrected chi connectivity index (χ2v) is 7.57. The van der Waals surface area contributed by atoms with Crippen molar-refractivity contribution in [3.05, 3.63) is 53.2 Å². The fourth-order valence-corrected chi connectivity index (χ4v) is 3.83. The first kappa shape index (κ1) is 21.0. The van der Waals surface area contributed by atoms with E-state index in [0.717, 1.165) is 0 Å². The molecule has 1 heterocycles. The first-order valence-electron chi connectivity index (χ1n) is 9.29. The van der Waals surface area contributed by atoms with Crippen LogP contribution in [0.5, 0.6) is 5.88 Å². The molecular weight excluding hydrogens is 425 g/mol. The number of alkyl halides is 5. The van der Waals surface area contributed by atoms with E-state index in [1.807, 2.05) is 0 Å². The highest BCUT2D eigenvalue weighted by Gasteiger charge is 2.72. The van der Waals surface area contributed by atoms with Crippen LogP contribution in [0.3, 0.4) is 0 Å². The Hall–Kier alpha value is -3.24. The van der Waals surface area contributed by atoms with Crippen LogP contribution in [0.4, 0.5) is 27.6 Å². The first-order chi connectivity index (χ1) is 14.5. The van der Waals surface area contributed by atoms with Crippen molar-refractivity contribution >= 4 is 17.5 Å². The summed E-state index contributed by atoms with van der Waals surface area (Å²) in [7, 11) is 0. The number of halogens is 5. The summed E-state index contributed by atoms with van der Waals surface area (Å²) >= 11 is 0. The molecule has 2 aromatic rings. The molecule has 2 aliphatic rings. The number of aromatic nitrogens is 1. The summed E-state index contributed by atoms with van der Waals surface area (Å²) < 4.78 is 71.7. The highest BCUT2D eigenvalue weighted by atomic mass is 19.4. The smallest absolute Gasteiger partial charge is 0.417 e. The molecule has 0 radical (unpaired) electrons. The number of amides is 2. The van der Waals surface area contributed by atoms with E-state index in [1.54, 1.807) is 0 Å². The number of ether oxygens (including phenoxy) is 1. The van der Waals surface area contributed by atoms with E-state index in [0.29, 0.717) is 12.3 Å². The van der Waals surface area contributed by atoms with Crippen LogP contribution in [0.2, 0.25) is 0 Å². The van der Waals surface area contributed by atoms with E-state index >= 15 is 0 Å². The molecule has 3 N–H and O–H groups in total. The van der Waals surface area contributed by atoms with E-state index in [9.17, 15) is 31.5 Å². The van der Waals surface area contributed by atoms with Gasteiger partial charge in [-0.3, -0.25) is 9.59 Å². The number of rotatable bonds is 5. The van der Waals surface area contributed by atoms with Crippen LogP contribution in [0.15, 0.2) is 36.5 Å². The molecule has 164 valence electrons. The largest absolute Gasteiger partial charge is 0.474 e. The lowest BCUT2D eigenvalue weighted by atomic mass is 10.1. The number of fused-ring (bicyclic) bond motifs is 1. The van der Waals surface area contributed by atoms with Gasteiger partial charge in [0.05, 0.1) is 5.56 Å². The summed E-state index contributed by atoms with van der Waals surface area (Å²) in [6.45, 7) is 0. The molecule has 31 heavy (non-hydrogen) atoms. The number of anilines is 1. The lowest BCUT2D eigenvalue weighted by Gasteiger charge is -2.19. The highest BCUT2D eigenvalue weighted by molar-refractivity contribution is 6.06. The van der Waals surface area contributed by atoms with E-state index in [2.05, 4.69) is 10.3 Å². The van der Waals surface area contributed by atoms with Gasteiger partial charge in [0, 0.05) is 29.3 Å². The van der Waals surface area contributed by atoms with E-state index in [4.69, 9.17) is 10.5 Å². The minimum atomic E-state index is -4.76. The molecule has 2 atom stereocenters. The molecule has 2 aliphatic carbocycles. The van der Waals surface area contributed by atoms with Crippen LogP contribution in [-0.2, 0) is 6.18 Å². The fourth-order valence-electron chi connectivity index (χ4n) is 3.83. The molecule has 0 aliphatic heterocycles. The van der Waals surface area contributed by atoms with Gasteiger partial charge in [-0.2, -0.15) is 13.2 Å². The Kier molecular flexibility index (Phi) is 4.86. The van der Waals surface area contributed by atoms with Crippen LogP contribution in [-0.4, -0.2) is 28.8 Å².